The minimum atomic E-state index is 0.0636. The van der Waals surface area contributed by atoms with Crippen LogP contribution in [-0.4, -0.2) is 5.91 Å². The van der Waals surface area contributed by atoms with Crippen LogP contribution >= 0.6 is 0 Å². The molecule has 0 aromatic heterocycles. The average Bonchev–Trinajstić information content (AvgIpc) is 3.37. The van der Waals surface area contributed by atoms with Crippen molar-refractivity contribution in [2.45, 2.75) is 12.3 Å². The van der Waals surface area contributed by atoms with Gasteiger partial charge < -0.3 is 11.1 Å². The van der Waals surface area contributed by atoms with Gasteiger partial charge >= 0.3 is 0 Å². The van der Waals surface area contributed by atoms with Crippen LogP contribution in [0.5, 0.6) is 0 Å². The maximum atomic E-state index is 12.5. The number of nitrogens with one attached hydrogen (secondary N) is 1. The summed E-state index contributed by atoms with van der Waals surface area (Å²) in [5, 5.41) is 5.04. The highest BCUT2D eigenvalue weighted by Crippen LogP contribution is 2.48. The normalized spacial score (nSPS) is 19.5. The van der Waals surface area contributed by atoms with Crippen LogP contribution in [0.3, 0.4) is 0 Å². The Labute approximate surface area is 135 Å². The van der Waals surface area contributed by atoms with Crippen LogP contribution in [0.1, 0.15) is 17.9 Å². The van der Waals surface area contributed by atoms with Crippen LogP contribution in [0, 0.1) is 5.92 Å². The predicted octanol–water partition coefficient (Wildman–Crippen LogP) is 4.16. The molecule has 1 saturated carbocycles. The molecule has 0 spiro atoms. The largest absolute Gasteiger partial charge is 0.398 e. The predicted molar refractivity (Wildman–Crippen MR) is 94.3 cm³/mol. The molecule has 114 valence electrons. The Morgan fingerprint density at radius 3 is 2.48 bits per heavy atom. The first-order chi connectivity index (χ1) is 11.2. The fourth-order valence-electron chi connectivity index (χ4n) is 3.22. The lowest BCUT2D eigenvalue weighted by Crippen LogP contribution is -2.14. The molecule has 3 nitrogen and oxygen atoms in total. The highest BCUT2D eigenvalue weighted by molar-refractivity contribution is 6.06. The lowest BCUT2D eigenvalue weighted by Gasteiger charge is -2.10. The van der Waals surface area contributed by atoms with Crippen molar-refractivity contribution >= 4 is 28.1 Å². The molecule has 23 heavy (non-hydrogen) atoms. The van der Waals surface area contributed by atoms with Gasteiger partial charge in [0.05, 0.1) is 0 Å². The van der Waals surface area contributed by atoms with E-state index in [2.05, 4.69) is 17.4 Å². The van der Waals surface area contributed by atoms with Gasteiger partial charge in [-0.2, -0.15) is 0 Å². The molecule has 0 aliphatic heterocycles. The zero-order valence-electron chi connectivity index (χ0n) is 12.7. The minimum absolute atomic E-state index is 0.0636. The highest BCUT2D eigenvalue weighted by Gasteiger charge is 2.43. The number of amides is 1. The molecule has 3 aromatic rings. The van der Waals surface area contributed by atoms with Gasteiger partial charge in [0.1, 0.15) is 0 Å². The smallest absolute Gasteiger partial charge is 0.228 e. The van der Waals surface area contributed by atoms with Gasteiger partial charge in [-0.15, -0.1) is 0 Å². The zero-order chi connectivity index (χ0) is 15.8. The first kappa shape index (κ1) is 13.8. The SMILES string of the molecule is Nc1cccc2c(NC(=O)[C@H]3C[C@@H]3c3ccccc3)cccc12. The fourth-order valence-corrected chi connectivity index (χ4v) is 3.22. The lowest BCUT2D eigenvalue weighted by molar-refractivity contribution is -0.117. The van der Waals surface area contributed by atoms with E-state index < -0.39 is 0 Å². The summed E-state index contributed by atoms with van der Waals surface area (Å²) in [5.74, 6) is 0.499. The fraction of sp³-hybridized carbons (Fsp3) is 0.150. The maximum Gasteiger partial charge on any atom is 0.228 e. The van der Waals surface area contributed by atoms with Crippen molar-refractivity contribution in [3.8, 4) is 0 Å². The Hall–Kier alpha value is -2.81. The number of hydrogen-bond acceptors (Lipinski definition) is 2. The van der Waals surface area contributed by atoms with E-state index in [0.717, 1.165) is 28.6 Å². The molecular weight excluding hydrogens is 284 g/mol. The molecule has 3 aromatic carbocycles. The van der Waals surface area contributed by atoms with E-state index in [1.807, 2.05) is 54.6 Å². The quantitative estimate of drug-likeness (QED) is 0.714. The van der Waals surface area contributed by atoms with E-state index in [-0.39, 0.29) is 11.8 Å². The maximum absolute atomic E-state index is 12.5. The van der Waals surface area contributed by atoms with E-state index >= 15 is 0 Å². The summed E-state index contributed by atoms with van der Waals surface area (Å²) in [6.45, 7) is 0. The number of hydrogen-bond donors (Lipinski definition) is 2. The van der Waals surface area contributed by atoms with Crippen LogP contribution in [0.25, 0.3) is 10.8 Å². The van der Waals surface area contributed by atoms with Gasteiger partial charge in [0.15, 0.2) is 0 Å². The second kappa shape index (κ2) is 5.43. The van der Waals surface area contributed by atoms with Gasteiger partial charge in [-0.1, -0.05) is 54.6 Å². The first-order valence-electron chi connectivity index (χ1n) is 7.87. The average molecular weight is 302 g/mol. The van der Waals surface area contributed by atoms with Gasteiger partial charge in [0.2, 0.25) is 5.91 Å². The second-order valence-corrected chi connectivity index (χ2v) is 6.10. The molecule has 1 aliphatic rings. The van der Waals surface area contributed by atoms with E-state index in [9.17, 15) is 4.79 Å². The Kier molecular flexibility index (Phi) is 3.27. The summed E-state index contributed by atoms with van der Waals surface area (Å²) in [7, 11) is 0. The number of carbonyl (C=O) groups excluding carboxylic acids is 1. The first-order valence-corrected chi connectivity index (χ1v) is 7.87. The van der Waals surface area contributed by atoms with Crippen LogP contribution in [-0.2, 0) is 4.79 Å². The van der Waals surface area contributed by atoms with Crippen molar-refractivity contribution in [3.05, 3.63) is 72.3 Å². The van der Waals surface area contributed by atoms with Gasteiger partial charge in [-0.3, -0.25) is 4.79 Å². The number of carbonyl (C=O) groups is 1. The Morgan fingerprint density at radius 2 is 1.65 bits per heavy atom. The summed E-state index contributed by atoms with van der Waals surface area (Å²) in [4.78, 5) is 12.5. The molecule has 1 amide bonds. The Bertz CT molecular complexity index is 873. The number of anilines is 2. The number of rotatable bonds is 3. The van der Waals surface area contributed by atoms with E-state index in [0.29, 0.717) is 5.92 Å². The second-order valence-electron chi connectivity index (χ2n) is 6.10. The molecular formula is C20H18N2O. The molecule has 0 unspecified atom stereocenters. The minimum Gasteiger partial charge on any atom is -0.398 e. The number of fused-ring (bicyclic) bond motifs is 1. The Balaban J connectivity index is 1.56. The molecule has 4 rings (SSSR count). The monoisotopic (exact) mass is 302 g/mol. The molecule has 1 fully saturated rings. The van der Waals surface area contributed by atoms with Crippen molar-refractivity contribution in [3.63, 3.8) is 0 Å². The van der Waals surface area contributed by atoms with Crippen molar-refractivity contribution in [1.82, 2.24) is 0 Å². The molecule has 0 radical (unpaired) electrons. The summed E-state index contributed by atoms with van der Waals surface area (Å²) in [5.41, 5.74) is 8.82. The van der Waals surface area contributed by atoms with Gasteiger partial charge in [-0.05, 0) is 30.0 Å². The molecule has 0 bridgehead atoms. The summed E-state index contributed by atoms with van der Waals surface area (Å²) >= 11 is 0. The Morgan fingerprint density at radius 1 is 0.913 bits per heavy atom. The molecule has 0 saturated heterocycles. The van der Waals surface area contributed by atoms with Crippen molar-refractivity contribution < 1.29 is 4.79 Å². The van der Waals surface area contributed by atoms with Crippen LogP contribution in [0.4, 0.5) is 11.4 Å². The summed E-state index contributed by atoms with van der Waals surface area (Å²) in [6.07, 6.45) is 0.919. The number of benzene rings is 3. The lowest BCUT2D eigenvalue weighted by atomic mass is 10.1. The van der Waals surface area contributed by atoms with Crippen molar-refractivity contribution in [2.75, 3.05) is 11.1 Å². The van der Waals surface area contributed by atoms with E-state index in [4.69, 9.17) is 5.73 Å². The van der Waals surface area contributed by atoms with Gasteiger partial charge in [-0.25, -0.2) is 0 Å². The van der Waals surface area contributed by atoms with Crippen molar-refractivity contribution in [1.29, 1.82) is 0 Å². The zero-order valence-corrected chi connectivity index (χ0v) is 12.7. The molecule has 2 atom stereocenters. The molecule has 3 heteroatoms. The number of nitrogens with two attached hydrogens (primary N) is 1. The molecule has 0 heterocycles. The van der Waals surface area contributed by atoms with Gasteiger partial charge in [0.25, 0.3) is 0 Å². The number of nitrogen functional groups attached to an aromatic ring is 1. The third kappa shape index (κ3) is 2.55. The standard InChI is InChI=1S/C20H18N2O/c21-18-10-4-9-15-14(18)8-5-11-19(15)22-20(23)17-12-16(17)13-6-2-1-3-7-13/h1-11,16-17H,12,21H2,(H,22,23)/t16-,17+/m1/s1. The van der Waals surface area contributed by atoms with Crippen LogP contribution < -0.4 is 11.1 Å². The summed E-state index contributed by atoms with van der Waals surface area (Å²) in [6, 6.07) is 21.8. The van der Waals surface area contributed by atoms with E-state index in [1.165, 1.54) is 5.56 Å². The third-order valence-corrected chi connectivity index (χ3v) is 4.57. The van der Waals surface area contributed by atoms with E-state index in [1.54, 1.807) is 0 Å². The van der Waals surface area contributed by atoms with Crippen LogP contribution in [0.15, 0.2) is 66.7 Å². The van der Waals surface area contributed by atoms with Crippen LogP contribution in [0.2, 0.25) is 0 Å². The third-order valence-electron chi connectivity index (χ3n) is 4.57. The topological polar surface area (TPSA) is 55.1 Å². The highest BCUT2D eigenvalue weighted by atomic mass is 16.2. The van der Waals surface area contributed by atoms with Crippen molar-refractivity contribution in [2.24, 2.45) is 5.92 Å². The van der Waals surface area contributed by atoms with Gasteiger partial charge in [0, 0.05) is 28.1 Å². The molecule has 3 N–H and O–H groups in total. The molecule has 1 aliphatic carbocycles. The summed E-state index contributed by atoms with van der Waals surface area (Å²) < 4.78 is 0.